The van der Waals surface area contributed by atoms with Crippen LogP contribution in [0.3, 0.4) is 0 Å². The molecule has 11 heavy (non-hydrogen) atoms. The fourth-order valence-electron chi connectivity index (χ4n) is 0.681. The highest BCUT2D eigenvalue weighted by Gasteiger charge is 1.89. The van der Waals surface area contributed by atoms with E-state index in [0.29, 0.717) is 9.76 Å². The summed E-state index contributed by atoms with van der Waals surface area (Å²) < 4.78 is 0.439. The minimum Gasteiger partial charge on any atom is -0.428 e. The molecule has 0 unspecified atom stereocenters. The van der Waals surface area contributed by atoms with Gasteiger partial charge in [0.25, 0.3) is 0 Å². The first kappa shape index (κ1) is 8.12. The molecule has 1 nitrogen and oxygen atoms in total. The van der Waals surface area contributed by atoms with Crippen LogP contribution in [-0.2, 0) is 12.6 Å². The second-order valence-electron chi connectivity index (χ2n) is 1.98. The van der Waals surface area contributed by atoms with Gasteiger partial charge in [-0.2, -0.15) is 5.26 Å². The van der Waals surface area contributed by atoms with Crippen molar-refractivity contribution in [2.45, 2.75) is 0 Å². The molecule has 0 aliphatic heterocycles. The average Bonchev–Trinajstić information content (AvgIpc) is 2.05. The van der Waals surface area contributed by atoms with Crippen molar-refractivity contribution in [1.29, 1.82) is 5.26 Å². The lowest BCUT2D eigenvalue weighted by Crippen LogP contribution is -1.89. The van der Waals surface area contributed by atoms with Crippen LogP contribution in [0, 0.1) is 11.3 Å². The van der Waals surface area contributed by atoms with E-state index in [0.717, 1.165) is 5.56 Å². The third-order valence-corrected chi connectivity index (χ3v) is 1.72. The number of rotatable bonds is 1. The van der Waals surface area contributed by atoms with Gasteiger partial charge in [-0.1, -0.05) is 12.1 Å². The largest absolute Gasteiger partial charge is 0.428 e. The van der Waals surface area contributed by atoms with Crippen LogP contribution in [0.4, 0.5) is 0 Å². The molecule has 1 aromatic carbocycles. The second kappa shape index (κ2) is 3.42. The van der Waals surface area contributed by atoms with E-state index in [1.165, 1.54) is 0 Å². The van der Waals surface area contributed by atoms with Gasteiger partial charge in [-0.15, -0.1) is 4.20 Å². The van der Waals surface area contributed by atoms with E-state index < -0.39 is 0 Å². The quantitative estimate of drug-likeness (QED) is 0.484. The van der Waals surface area contributed by atoms with Gasteiger partial charge >= 0.3 is 0 Å². The number of nitriles is 1. The van der Waals surface area contributed by atoms with E-state index in [9.17, 15) is 0 Å². The van der Waals surface area contributed by atoms with Gasteiger partial charge in [0.1, 0.15) is 0 Å². The highest BCUT2D eigenvalue weighted by molar-refractivity contribution is 8.01. The van der Waals surface area contributed by atoms with Gasteiger partial charge in [-0.25, -0.2) is 0 Å². The second-order valence-corrected chi connectivity index (χ2v) is 3.05. The Bertz CT molecular complexity index is 308. The molecule has 1 aromatic rings. The van der Waals surface area contributed by atoms with Crippen molar-refractivity contribution in [3.63, 3.8) is 0 Å². The molecule has 0 aliphatic rings. The van der Waals surface area contributed by atoms with Crippen LogP contribution in [-0.4, -0.2) is 4.20 Å². The van der Waals surface area contributed by atoms with Crippen LogP contribution < -0.4 is 0 Å². The predicted octanol–water partition coefficient (Wildman–Crippen LogP) is 1.78. The Morgan fingerprint density at radius 3 is 2.27 bits per heavy atom. The first-order valence-corrected chi connectivity index (χ1v) is 3.77. The molecule has 54 valence electrons. The Balaban J connectivity index is 3.03. The van der Waals surface area contributed by atoms with E-state index in [4.69, 9.17) is 30.1 Å². The van der Waals surface area contributed by atoms with Gasteiger partial charge in [-0.05, 0) is 17.7 Å². The standard InChI is InChI=1S/C8H5NS2/c9-5-6-1-3-7(4-2-6)8(10)11/h1-4H,(H,10,11)/p-1. The number of nitrogens with zero attached hydrogens (tertiary/aromatic N) is 1. The third kappa shape index (κ3) is 1.97. The van der Waals surface area contributed by atoms with Gasteiger partial charge in [0.05, 0.1) is 11.6 Å². The van der Waals surface area contributed by atoms with E-state index in [2.05, 4.69) is 0 Å². The molecule has 0 aliphatic carbocycles. The Hall–Kier alpha value is -0.980. The molecule has 0 bridgehead atoms. The lowest BCUT2D eigenvalue weighted by Gasteiger charge is -2.03. The highest BCUT2D eigenvalue weighted by atomic mass is 32.1. The fraction of sp³-hybridized carbons (Fsp3) is 0. The topological polar surface area (TPSA) is 23.8 Å². The number of thiocarbonyl (C=S) groups is 1. The van der Waals surface area contributed by atoms with Gasteiger partial charge in [-0.3, -0.25) is 0 Å². The van der Waals surface area contributed by atoms with Crippen molar-refractivity contribution in [2.75, 3.05) is 0 Å². The summed E-state index contributed by atoms with van der Waals surface area (Å²) in [6, 6.07) is 8.94. The minimum absolute atomic E-state index is 0.439. The van der Waals surface area contributed by atoms with Crippen LogP contribution in [0.5, 0.6) is 0 Å². The summed E-state index contributed by atoms with van der Waals surface area (Å²) in [7, 11) is 0. The zero-order valence-electron chi connectivity index (χ0n) is 5.57. The summed E-state index contributed by atoms with van der Waals surface area (Å²) in [5.41, 5.74) is 1.45. The van der Waals surface area contributed by atoms with Crippen molar-refractivity contribution in [3.8, 4) is 6.07 Å². The van der Waals surface area contributed by atoms with E-state index in [-0.39, 0.29) is 0 Å². The molecule has 0 aromatic heterocycles. The molecule has 0 spiro atoms. The zero-order chi connectivity index (χ0) is 8.27. The van der Waals surface area contributed by atoms with Crippen LogP contribution in [0.15, 0.2) is 24.3 Å². The summed E-state index contributed by atoms with van der Waals surface area (Å²) >= 11 is 9.55. The van der Waals surface area contributed by atoms with Gasteiger partial charge < -0.3 is 24.8 Å². The molecule has 0 saturated heterocycles. The molecule has 0 N–H and O–H groups in total. The Morgan fingerprint density at radius 2 is 1.91 bits per heavy atom. The summed E-state index contributed by atoms with van der Waals surface area (Å²) in [4.78, 5) is 0. The maximum Gasteiger partial charge on any atom is 0.0991 e. The van der Waals surface area contributed by atoms with Crippen molar-refractivity contribution in [2.24, 2.45) is 0 Å². The summed E-state index contributed by atoms with van der Waals surface area (Å²) in [5.74, 6) is 0. The maximum atomic E-state index is 8.46. The number of hydrogen-bond acceptors (Lipinski definition) is 3. The molecule has 0 radical (unpaired) electrons. The Morgan fingerprint density at radius 1 is 1.36 bits per heavy atom. The molecule has 0 amide bonds. The maximum absolute atomic E-state index is 8.46. The van der Waals surface area contributed by atoms with Crippen molar-refractivity contribution in [3.05, 3.63) is 35.4 Å². The summed E-state index contributed by atoms with van der Waals surface area (Å²) in [5, 5.41) is 8.46. The van der Waals surface area contributed by atoms with Crippen LogP contribution in [0.25, 0.3) is 0 Å². The SMILES string of the molecule is N#Cc1ccc(C(=S)[S-])cc1. The van der Waals surface area contributed by atoms with Crippen molar-refractivity contribution in [1.82, 2.24) is 0 Å². The van der Waals surface area contributed by atoms with Crippen LogP contribution in [0.1, 0.15) is 11.1 Å². The minimum atomic E-state index is 0.439. The smallest absolute Gasteiger partial charge is 0.0991 e. The third-order valence-electron chi connectivity index (χ3n) is 1.25. The molecule has 3 heteroatoms. The Kier molecular flexibility index (Phi) is 2.53. The van der Waals surface area contributed by atoms with Crippen LogP contribution >= 0.6 is 12.2 Å². The fourth-order valence-corrected chi connectivity index (χ4v) is 0.953. The van der Waals surface area contributed by atoms with E-state index >= 15 is 0 Å². The van der Waals surface area contributed by atoms with Crippen molar-refractivity contribution >= 4 is 29.0 Å². The first-order chi connectivity index (χ1) is 5.24. The highest BCUT2D eigenvalue weighted by Crippen LogP contribution is 2.03. The lowest BCUT2D eigenvalue weighted by molar-refractivity contribution is 1.48. The molecule has 0 fully saturated rings. The van der Waals surface area contributed by atoms with Crippen LogP contribution in [0.2, 0.25) is 0 Å². The average molecular weight is 178 g/mol. The first-order valence-electron chi connectivity index (χ1n) is 2.95. The van der Waals surface area contributed by atoms with Crippen molar-refractivity contribution < 1.29 is 0 Å². The molecule has 0 saturated carbocycles. The molecular weight excluding hydrogens is 174 g/mol. The number of hydrogen-bond donors (Lipinski definition) is 0. The Labute approximate surface area is 76.1 Å². The van der Waals surface area contributed by atoms with Gasteiger partial charge in [0.15, 0.2) is 0 Å². The van der Waals surface area contributed by atoms with Gasteiger partial charge in [0.2, 0.25) is 0 Å². The summed E-state index contributed by atoms with van der Waals surface area (Å²) in [6.07, 6.45) is 0. The molecule has 1 rings (SSSR count). The number of benzene rings is 1. The summed E-state index contributed by atoms with van der Waals surface area (Å²) in [6.45, 7) is 0. The molecule has 0 atom stereocenters. The van der Waals surface area contributed by atoms with E-state index in [1.807, 2.05) is 6.07 Å². The zero-order valence-corrected chi connectivity index (χ0v) is 7.21. The van der Waals surface area contributed by atoms with Gasteiger partial charge in [0, 0.05) is 0 Å². The molecular formula is C8H4NS2-. The van der Waals surface area contributed by atoms with E-state index in [1.54, 1.807) is 24.3 Å². The normalized spacial score (nSPS) is 8.64. The lowest BCUT2D eigenvalue weighted by atomic mass is 10.2. The monoisotopic (exact) mass is 178 g/mol. The molecule has 0 heterocycles. The predicted molar refractivity (Wildman–Crippen MR) is 50.2 cm³/mol.